The Balaban J connectivity index is 2.02. The van der Waals surface area contributed by atoms with Gasteiger partial charge in [-0.25, -0.2) is 4.98 Å². The predicted molar refractivity (Wildman–Crippen MR) is 108 cm³/mol. The number of fused-ring (bicyclic) bond motifs is 1. The maximum Gasteiger partial charge on any atom is 0.203 e. The standard InChI is InChI=1S/C20H17Cl2NO4/c1-25-16-8-11(9-17(26-2)20(16)27-3)4-5-12-6-7-13-14(21)10-15(22)19(24)18(13)23-12/h4-10,24H,1-3H3. The molecule has 0 spiro atoms. The molecule has 27 heavy (non-hydrogen) atoms. The van der Waals surface area contributed by atoms with Gasteiger partial charge in [0.15, 0.2) is 17.2 Å². The number of methoxy groups -OCH3 is 3. The van der Waals surface area contributed by atoms with E-state index in [2.05, 4.69) is 4.98 Å². The minimum atomic E-state index is -0.0981. The zero-order valence-electron chi connectivity index (χ0n) is 14.9. The van der Waals surface area contributed by atoms with Gasteiger partial charge in [0.05, 0.1) is 37.1 Å². The zero-order valence-corrected chi connectivity index (χ0v) is 16.4. The lowest BCUT2D eigenvalue weighted by Crippen LogP contribution is -1.95. The summed E-state index contributed by atoms with van der Waals surface area (Å²) in [6, 6.07) is 8.73. The smallest absolute Gasteiger partial charge is 0.203 e. The third-order valence-electron chi connectivity index (χ3n) is 4.01. The van der Waals surface area contributed by atoms with Gasteiger partial charge in [-0.2, -0.15) is 0 Å². The third kappa shape index (κ3) is 3.75. The first-order valence-corrected chi connectivity index (χ1v) is 8.70. The molecule has 0 atom stereocenters. The van der Waals surface area contributed by atoms with Gasteiger partial charge in [-0.05, 0) is 42.0 Å². The van der Waals surface area contributed by atoms with Crippen LogP contribution in [0.1, 0.15) is 11.3 Å². The van der Waals surface area contributed by atoms with Crippen LogP contribution >= 0.6 is 23.2 Å². The van der Waals surface area contributed by atoms with Crippen molar-refractivity contribution in [1.29, 1.82) is 0 Å². The molecule has 5 nitrogen and oxygen atoms in total. The summed E-state index contributed by atoms with van der Waals surface area (Å²) in [4.78, 5) is 4.44. The molecular formula is C20H17Cl2NO4. The van der Waals surface area contributed by atoms with E-state index in [0.717, 1.165) is 5.56 Å². The monoisotopic (exact) mass is 405 g/mol. The molecule has 0 aliphatic heterocycles. The van der Waals surface area contributed by atoms with Crippen molar-refractivity contribution < 1.29 is 19.3 Å². The van der Waals surface area contributed by atoms with Gasteiger partial charge in [-0.15, -0.1) is 0 Å². The number of phenolic OH excluding ortho intramolecular Hbond substituents is 1. The van der Waals surface area contributed by atoms with Crippen LogP contribution in [0.25, 0.3) is 23.1 Å². The molecule has 140 valence electrons. The molecule has 0 radical (unpaired) electrons. The van der Waals surface area contributed by atoms with Crippen molar-refractivity contribution in [2.24, 2.45) is 0 Å². The van der Waals surface area contributed by atoms with Gasteiger partial charge < -0.3 is 19.3 Å². The van der Waals surface area contributed by atoms with E-state index in [1.807, 2.05) is 18.2 Å². The van der Waals surface area contributed by atoms with Crippen molar-refractivity contribution in [3.05, 3.63) is 51.6 Å². The number of nitrogens with zero attached hydrogens (tertiary/aromatic N) is 1. The summed E-state index contributed by atoms with van der Waals surface area (Å²) in [5.74, 6) is 1.53. The fourth-order valence-electron chi connectivity index (χ4n) is 2.69. The van der Waals surface area contributed by atoms with E-state index in [4.69, 9.17) is 37.4 Å². The quantitative estimate of drug-likeness (QED) is 0.611. The van der Waals surface area contributed by atoms with Crippen molar-refractivity contribution in [2.45, 2.75) is 0 Å². The van der Waals surface area contributed by atoms with Crippen LogP contribution in [0.4, 0.5) is 0 Å². The molecule has 1 heterocycles. The third-order valence-corrected chi connectivity index (χ3v) is 4.61. The Bertz CT molecular complexity index is 1010. The number of rotatable bonds is 5. The highest BCUT2D eigenvalue weighted by Gasteiger charge is 2.13. The number of aromatic nitrogens is 1. The summed E-state index contributed by atoms with van der Waals surface area (Å²) in [5, 5.41) is 11.4. The summed E-state index contributed by atoms with van der Waals surface area (Å²) in [6.07, 6.45) is 3.65. The SMILES string of the molecule is COc1cc(C=Cc2ccc3c(Cl)cc(Cl)c(O)c3n2)cc(OC)c1OC. The number of pyridine rings is 1. The van der Waals surface area contributed by atoms with Crippen LogP contribution in [0.3, 0.4) is 0 Å². The largest absolute Gasteiger partial charge is 0.504 e. The molecule has 0 unspecified atom stereocenters. The van der Waals surface area contributed by atoms with Crippen LogP contribution in [0.15, 0.2) is 30.3 Å². The summed E-state index contributed by atoms with van der Waals surface area (Å²) < 4.78 is 16.0. The highest BCUT2D eigenvalue weighted by molar-refractivity contribution is 6.39. The fourth-order valence-corrected chi connectivity index (χ4v) is 3.21. The van der Waals surface area contributed by atoms with Crippen molar-refractivity contribution in [3.63, 3.8) is 0 Å². The van der Waals surface area contributed by atoms with E-state index in [1.165, 1.54) is 6.07 Å². The van der Waals surface area contributed by atoms with E-state index >= 15 is 0 Å². The topological polar surface area (TPSA) is 60.8 Å². The number of halogens is 2. The van der Waals surface area contributed by atoms with Crippen LogP contribution in [0, 0.1) is 0 Å². The number of ether oxygens (including phenoxy) is 3. The van der Waals surface area contributed by atoms with Gasteiger partial charge in [0, 0.05) is 5.39 Å². The van der Waals surface area contributed by atoms with E-state index in [1.54, 1.807) is 39.5 Å². The summed E-state index contributed by atoms with van der Waals surface area (Å²) in [7, 11) is 4.68. The zero-order chi connectivity index (χ0) is 19.6. The number of hydrogen-bond donors (Lipinski definition) is 1. The number of aromatic hydroxyl groups is 1. The number of benzene rings is 2. The molecule has 7 heteroatoms. The van der Waals surface area contributed by atoms with Crippen LogP contribution in [0.2, 0.25) is 10.0 Å². The number of hydrogen-bond acceptors (Lipinski definition) is 5. The summed E-state index contributed by atoms with van der Waals surface area (Å²) >= 11 is 12.1. The Morgan fingerprint density at radius 2 is 1.56 bits per heavy atom. The van der Waals surface area contributed by atoms with Crippen molar-refractivity contribution >= 4 is 46.3 Å². The maximum absolute atomic E-state index is 10.2. The van der Waals surface area contributed by atoms with Crippen LogP contribution in [0.5, 0.6) is 23.0 Å². The van der Waals surface area contributed by atoms with Crippen LogP contribution in [-0.4, -0.2) is 31.4 Å². The molecule has 0 aliphatic carbocycles. The van der Waals surface area contributed by atoms with Gasteiger partial charge in [-0.1, -0.05) is 29.3 Å². The van der Waals surface area contributed by atoms with Crippen molar-refractivity contribution in [2.75, 3.05) is 21.3 Å². The molecule has 0 aliphatic rings. The molecule has 0 bridgehead atoms. The van der Waals surface area contributed by atoms with E-state index < -0.39 is 0 Å². The van der Waals surface area contributed by atoms with Gasteiger partial charge >= 0.3 is 0 Å². The first kappa shape index (κ1) is 19.1. The molecule has 0 amide bonds. The Morgan fingerprint density at radius 3 is 2.15 bits per heavy atom. The Morgan fingerprint density at radius 1 is 0.889 bits per heavy atom. The Labute approximate surface area is 166 Å². The van der Waals surface area contributed by atoms with Crippen LogP contribution in [-0.2, 0) is 0 Å². The first-order valence-electron chi connectivity index (χ1n) is 7.94. The first-order chi connectivity index (χ1) is 13.0. The number of phenols is 1. The molecule has 1 aromatic heterocycles. The molecule has 1 N–H and O–H groups in total. The second kappa shape index (κ2) is 7.94. The molecule has 0 saturated heterocycles. The Kier molecular flexibility index (Phi) is 5.63. The minimum absolute atomic E-state index is 0.0981. The maximum atomic E-state index is 10.2. The predicted octanol–water partition coefficient (Wildman–Crippen LogP) is 5.44. The highest BCUT2D eigenvalue weighted by atomic mass is 35.5. The van der Waals surface area contributed by atoms with Gasteiger partial charge in [0.1, 0.15) is 5.52 Å². The molecule has 2 aromatic carbocycles. The molecule has 0 saturated carbocycles. The fraction of sp³-hybridized carbons (Fsp3) is 0.150. The van der Waals surface area contributed by atoms with Gasteiger partial charge in [-0.3, -0.25) is 0 Å². The van der Waals surface area contributed by atoms with Crippen molar-refractivity contribution in [1.82, 2.24) is 4.98 Å². The second-order valence-electron chi connectivity index (χ2n) is 5.61. The molecule has 3 aromatic rings. The molecular weight excluding hydrogens is 389 g/mol. The van der Waals surface area contributed by atoms with Crippen molar-refractivity contribution in [3.8, 4) is 23.0 Å². The summed E-state index contributed by atoms with van der Waals surface area (Å²) in [5.41, 5.74) is 1.81. The van der Waals surface area contributed by atoms with Gasteiger partial charge in [0.2, 0.25) is 5.75 Å². The minimum Gasteiger partial charge on any atom is -0.504 e. The lowest BCUT2D eigenvalue weighted by atomic mass is 10.1. The lowest BCUT2D eigenvalue weighted by molar-refractivity contribution is 0.324. The van der Waals surface area contributed by atoms with E-state index in [0.29, 0.717) is 38.9 Å². The lowest BCUT2D eigenvalue weighted by Gasteiger charge is -2.12. The highest BCUT2D eigenvalue weighted by Crippen LogP contribution is 2.39. The Hall–Kier alpha value is -2.63. The average molecular weight is 406 g/mol. The molecule has 3 rings (SSSR count). The van der Waals surface area contributed by atoms with Crippen LogP contribution < -0.4 is 14.2 Å². The average Bonchev–Trinajstić information content (AvgIpc) is 2.69. The van der Waals surface area contributed by atoms with E-state index in [-0.39, 0.29) is 10.8 Å². The second-order valence-corrected chi connectivity index (χ2v) is 6.43. The van der Waals surface area contributed by atoms with E-state index in [9.17, 15) is 5.11 Å². The molecule has 0 fully saturated rings. The summed E-state index contributed by atoms with van der Waals surface area (Å²) in [6.45, 7) is 0. The normalized spacial score (nSPS) is 11.1. The van der Waals surface area contributed by atoms with Gasteiger partial charge in [0.25, 0.3) is 0 Å².